The van der Waals surface area contributed by atoms with Crippen molar-refractivity contribution in [2.24, 2.45) is 4.99 Å². The predicted octanol–water partition coefficient (Wildman–Crippen LogP) is 5.78. The lowest BCUT2D eigenvalue weighted by Gasteiger charge is -2.18. The van der Waals surface area contributed by atoms with Gasteiger partial charge in [-0.2, -0.15) is 0 Å². The number of amidine groups is 1. The van der Waals surface area contributed by atoms with Gasteiger partial charge in [-0.3, -0.25) is 9.69 Å². The van der Waals surface area contributed by atoms with Gasteiger partial charge in [0.15, 0.2) is 5.17 Å². The molecule has 2 aromatic carbocycles. The van der Waals surface area contributed by atoms with Gasteiger partial charge in [-0.15, -0.1) is 0 Å². The van der Waals surface area contributed by atoms with Crippen LogP contribution in [0.4, 0.5) is 5.69 Å². The van der Waals surface area contributed by atoms with Gasteiger partial charge in [-0.1, -0.05) is 70.2 Å². The zero-order valence-corrected chi connectivity index (χ0v) is 17.4. The molecule has 1 amide bonds. The molecule has 4 heteroatoms. The zero-order chi connectivity index (χ0) is 19.6. The maximum Gasteiger partial charge on any atom is 0.266 e. The standard InChI is InChI=1S/C23H26N2OS/c1-6-17-9-7-8-10-19(17)24-22-25(5)21(26)20(27-22)15-16-11-13-18(14-12-16)23(2,3)4/h7-15H,6H2,1-5H3/b20-15+,24-22?. The average Bonchev–Trinajstić information content (AvgIpc) is 2.90. The van der Waals surface area contributed by atoms with Crippen molar-refractivity contribution in [1.82, 2.24) is 4.90 Å². The molecule has 0 spiro atoms. The fourth-order valence-electron chi connectivity index (χ4n) is 2.90. The lowest BCUT2D eigenvalue weighted by Crippen LogP contribution is -2.23. The van der Waals surface area contributed by atoms with Crippen LogP contribution in [-0.2, 0) is 16.6 Å². The first kappa shape index (κ1) is 19.4. The van der Waals surface area contributed by atoms with Crippen LogP contribution in [0.15, 0.2) is 58.4 Å². The van der Waals surface area contributed by atoms with Crippen LogP contribution in [0.1, 0.15) is 44.4 Å². The lowest BCUT2D eigenvalue weighted by molar-refractivity contribution is -0.121. The van der Waals surface area contributed by atoms with Gasteiger partial charge in [0.05, 0.1) is 10.6 Å². The maximum absolute atomic E-state index is 12.6. The van der Waals surface area contributed by atoms with Crippen molar-refractivity contribution in [3.05, 3.63) is 70.1 Å². The molecule has 1 saturated heterocycles. The van der Waals surface area contributed by atoms with Crippen molar-refractivity contribution < 1.29 is 4.79 Å². The van der Waals surface area contributed by atoms with Gasteiger partial charge in [0, 0.05) is 7.05 Å². The predicted molar refractivity (Wildman–Crippen MR) is 116 cm³/mol. The molecule has 2 aromatic rings. The molecule has 1 fully saturated rings. The number of rotatable bonds is 3. The van der Waals surface area contributed by atoms with Gasteiger partial charge in [0.2, 0.25) is 0 Å². The SMILES string of the molecule is CCc1ccccc1N=C1S/C(=C/c2ccc(C(C)(C)C)cc2)C(=O)N1C. The molecule has 1 aliphatic heterocycles. The Morgan fingerprint density at radius 1 is 1.07 bits per heavy atom. The zero-order valence-electron chi connectivity index (χ0n) is 16.6. The van der Waals surface area contributed by atoms with Crippen LogP contribution in [-0.4, -0.2) is 23.0 Å². The number of likely N-dealkylation sites (N-methyl/N-ethyl adjacent to an activating group) is 1. The molecule has 0 N–H and O–H groups in total. The van der Waals surface area contributed by atoms with Crippen molar-refractivity contribution in [2.75, 3.05) is 7.05 Å². The van der Waals surface area contributed by atoms with Crippen LogP contribution in [0.3, 0.4) is 0 Å². The Kier molecular flexibility index (Phi) is 5.56. The van der Waals surface area contributed by atoms with Gasteiger partial charge in [0.25, 0.3) is 5.91 Å². The molecule has 3 rings (SSSR count). The van der Waals surface area contributed by atoms with E-state index in [2.05, 4.69) is 58.0 Å². The number of benzene rings is 2. The second-order valence-electron chi connectivity index (χ2n) is 7.72. The summed E-state index contributed by atoms with van der Waals surface area (Å²) in [5.74, 6) is -0.00683. The van der Waals surface area contributed by atoms with Crippen LogP contribution in [0.5, 0.6) is 0 Å². The van der Waals surface area contributed by atoms with Crippen molar-refractivity contribution in [2.45, 2.75) is 39.5 Å². The Labute approximate surface area is 166 Å². The first-order valence-corrected chi connectivity index (χ1v) is 10.1. The summed E-state index contributed by atoms with van der Waals surface area (Å²) in [4.78, 5) is 19.7. The first-order valence-electron chi connectivity index (χ1n) is 9.24. The molecule has 0 aliphatic carbocycles. The molecule has 3 nitrogen and oxygen atoms in total. The minimum absolute atomic E-state index is 0.00683. The smallest absolute Gasteiger partial charge is 0.266 e. The van der Waals surface area contributed by atoms with E-state index in [4.69, 9.17) is 4.99 Å². The quantitative estimate of drug-likeness (QED) is 0.634. The van der Waals surface area contributed by atoms with E-state index in [1.165, 1.54) is 22.9 Å². The number of carbonyl (C=O) groups is 1. The Morgan fingerprint density at radius 3 is 2.37 bits per heavy atom. The molecule has 0 radical (unpaired) electrons. The highest BCUT2D eigenvalue weighted by Crippen LogP contribution is 2.34. The summed E-state index contributed by atoms with van der Waals surface area (Å²) >= 11 is 1.43. The van der Waals surface area contributed by atoms with E-state index in [0.717, 1.165) is 22.8 Å². The van der Waals surface area contributed by atoms with Gasteiger partial charge in [-0.05, 0) is 52.4 Å². The van der Waals surface area contributed by atoms with Crippen molar-refractivity contribution >= 4 is 34.6 Å². The summed E-state index contributed by atoms with van der Waals surface area (Å²) in [6.07, 6.45) is 2.86. The van der Waals surface area contributed by atoms with E-state index in [9.17, 15) is 4.79 Å². The minimum Gasteiger partial charge on any atom is -0.290 e. The summed E-state index contributed by atoms with van der Waals surface area (Å²) in [7, 11) is 1.78. The van der Waals surface area contributed by atoms with E-state index in [0.29, 0.717) is 4.91 Å². The van der Waals surface area contributed by atoms with Crippen LogP contribution in [0.2, 0.25) is 0 Å². The number of para-hydroxylation sites is 1. The van der Waals surface area contributed by atoms with Crippen LogP contribution in [0, 0.1) is 0 Å². The Morgan fingerprint density at radius 2 is 1.74 bits per heavy atom. The molecule has 1 aliphatic rings. The van der Waals surface area contributed by atoms with Crippen LogP contribution < -0.4 is 0 Å². The van der Waals surface area contributed by atoms with Crippen LogP contribution in [0.25, 0.3) is 6.08 Å². The highest BCUT2D eigenvalue weighted by Gasteiger charge is 2.30. The van der Waals surface area contributed by atoms with Gasteiger partial charge in [-0.25, -0.2) is 4.99 Å². The topological polar surface area (TPSA) is 32.7 Å². The van der Waals surface area contributed by atoms with Crippen LogP contribution >= 0.6 is 11.8 Å². The van der Waals surface area contributed by atoms with E-state index in [1.54, 1.807) is 11.9 Å². The lowest BCUT2D eigenvalue weighted by atomic mass is 9.87. The van der Waals surface area contributed by atoms with Gasteiger partial charge in [0.1, 0.15) is 0 Å². The summed E-state index contributed by atoms with van der Waals surface area (Å²) in [6, 6.07) is 16.5. The Balaban J connectivity index is 1.87. The third-order valence-corrected chi connectivity index (χ3v) is 5.73. The molecular weight excluding hydrogens is 352 g/mol. The second-order valence-corrected chi connectivity index (χ2v) is 8.73. The van der Waals surface area contributed by atoms with Gasteiger partial charge >= 0.3 is 0 Å². The number of hydrogen-bond donors (Lipinski definition) is 0. The largest absolute Gasteiger partial charge is 0.290 e. The average molecular weight is 379 g/mol. The first-order chi connectivity index (χ1) is 12.8. The molecule has 140 valence electrons. The molecule has 1 heterocycles. The molecular formula is C23H26N2OS. The second kappa shape index (κ2) is 7.73. The summed E-state index contributed by atoms with van der Waals surface area (Å²) in [5, 5.41) is 0.721. The number of carbonyl (C=O) groups excluding carboxylic acids is 1. The number of nitrogens with zero attached hydrogens (tertiary/aromatic N) is 2. The van der Waals surface area contributed by atoms with E-state index < -0.39 is 0 Å². The number of aryl methyl sites for hydroxylation is 1. The van der Waals surface area contributed by atoms with Crippen molar-refractivity contribution in [3.8, 4) is 0 Å². The van der Waals surface area contributed by atoms with Gasteiger partial charge < -0.3 is 0 Å². The normalized spacial score (nSPS) is 18.0. The summed E-state index contributed by atoms with van der Waals surface area (Å²) < 4.78 is 0. The number of thioether (sulfide) groups is 1. The molecule has 0 bridgehead atoms. The van der Waals surface area contributed by atoms with E-state index >= 15 is 0 Å². The monoisotopic (exact) mass is 378 g/mol. The molecule has 27 heavy (non-hydrogen) atoms. The minimum atomic E-state index is -0.00683. The number of hydrogen-bond acceptors (Lipinski definition) is 3. The highest BCUT2D eigenvalue weighted by atomic mass is 32.2. The summed E-state index contributed by atoms with van der Waals surface area (Å²) in [6.45, 7) is 8.70. The van der Waals surface area contributed by atoms with Crippen molar-refractivity contribution in [1.29, 1.82) is 0 Å². The third kappa shape index (κ3) is 4.33. The Bertz CT molecular complexity index is 905. The maximum atomic E-state index is 12.6. The summed E-state index contributed by atoms with van der Waals surface area (Å²) in [5.41, 5.74) is 4.55. The van der Waals surface area contributed by atoms with E-state index in [1.807, 2.05) is 24.3 Å². The molecule has 0 aromatic heterocycles. The Hall–Kier alpha value is -2.33. The molecule has 0 unspecified atom stereocenters. The third-order valence-electron chi connectivity index (χ3n) is 4.67. The van der Waals surface area contributed by atoms with Crippen molar-refractivity contribution in [3.63, 3.8) is 0 Å². The van der Waals surface area contributed by atoms with E-state index in [-0.39, 0.29) is 11.3 Å². The molecule has 0 atom stereocenters. The highest BCUT2D eigenvalue weighted by molar-refractivity contribution is 8.18. The number of amides is 1. The fraction of sp³-hybridized carbons (Fsp3) is 0.304. The molecule has 0 saturated carbocycles. The fourth-order valence-corrected chi connectivity index (χ4v) is 3.88. The number of aliphatic imine (C=N–C) groups is 1.